The van der Waals surface area contributed by atoms with Crippen LogP contribution in [0.2, 0.25) is 0 Å². The van der Waals surface area contributed by atoms with Gasteiger partial charge in [0.2, 0.25) is 0 Å². The van der Waals surface area contributed by atoms with E-state index < -0.39 is 0 Å². The van der Waals surface area contributed by atoms with Crippen LogP contribution in [-0.2, 0) is 0 Å². The van der Waals surface area contributed by atoms with Crippen molar-refractivity contribution in [3.63, 3.8) is 0 Å². The van der Waals surface area contributed by atoms with Gasteiger partial charge in [0.1, 0.15) is 17.5 Å². The third-order valence-electron chi connectivity index (χ3n) is 2.47. The van der Waals surface area contributed by atoms with Gasteiger partial charge in [0, 0.05) is 20.9 Å². The van der Waals surface area contributed by atoms with E-state index in [2.05, 4.69) is 47.1 Å². The fourth-order valence-corrected chi connectivity index (χ4v) is 2.68. The Morgan fingerprint density at radius 2 is 1.89 bits per heavy atom. The average molecular weight is 386 g/mol. The number of rotatable bonds is 3. The van der Waals surface area contributed by atoms with Crippen molar-refractivity contribution < 1.29 is 0 Å². The smallest absolute Gasteiger partial charge is 0.136 e. The number of aromatic nitrogens is 2. The molecule has 3 N–H and O–H groups in total. The summed E-state index contributed by atoms with van der Waals surface area (Å²) >= 11 is 6.92. The van der Waals surface area contributed by atoms with E-state index in [9.17, 15) is 0 Å². The Morgan fingerprint density at radius 3 is 2.53 bits per heavy atom. The van der Waals surface area contributed by atoms with Crippen LogP contribution in [0.25, 0.3) is 0 Å². The van der Waals surface area contributed by atoms with E-state index in [-0.39, 0.29) is 5.92 Å². The molecular formula is C13H14Br2N4. The van der Waals surface area contributed by atoms with Crippen LogP contribution in [0.1, 0.15) is 25.6 Å². The number of nitrogens with zero attached hydrogens (tertiary/aromatic N) is 2. The van der Waals surface area contributed by atoms with Gasteiger partial charge in [0.05, 0.1) is 5.69 Å². The summed E-state index contributed by atoms with van der Waals surface area (Å²) < 4.78 is 1.96. The summed E-state index contributed by atoms with van der Waals surface area (Å²) in [7, 11) is 0. The predicted octanol–water partition coefficient (Wildman–Crippen LogP) is 4.45. The van der Waals surface area contributed by atoms with E-state index in [4.69, 9.17) is 5.73 Å². The summed E-state index contributed by atoms with van der Waals surface area (Å²) in [4.78, 5) is 8.68. The molecule has 100 valence electrons. The Bertz CT molecular complexity index is 599. The number of hydrogen-bond acceptors (Lipinski definition) is 4. The third kappa shape index (κ3) is 3.67. The predicted molar refractivity (Wildman–Crippen MR) is 85.7 cm³/mol. The maximum atomic E-state index is 5.80. The molecule has 2 aromatic rings. The summed E-state index contributed by atoms with van der Waals surface area (Å²) in [6, 6.07) is 7.61. The number of anilines is 3. The minimum atomic E-state index is 0.234. The quantitative estimate of drug-likeness (QED) is 0.818. The molecule has 1 aromatic heterocycles. The lowest BCUT2D eigenvalue weighted by Crippen LogP contribution is -2.05. The van der Waals surface area contributed by atoms with E-state index >= 15 is 0 Å². The Kier molecular flexibility index (Phi) is 4.42. The largest absolute Gasteiger partial charge is 0.384 e. The first-order valence-electron chi connectivity index (χ1n) is 5.82. The van der Waals surface area contributed by atoms with Gasteiger partial charge in [-0.05, 0) is 34.1 Å². The fraction of sp³-hybridized carbons (Fsp3) is 0.231. The molecule has 0 unspecified atom stereocenters. The molecular weight excluding hydrogens is 372 g/mol. The van der Waals surface area contributed by atoms with Crippen molar-refractivity contribution >= 4 is 49.2 Å². The molecule has 4 nitrogen and oxygen atoms in total. The second-order valence-corrected chi connectivity index (χ2v) is 6.21. The molecule has 0 saturated heterocycles. The van der Waals surface area contributed by atoms with Crippen LogP contribution in [0.15, 0.2) is 33.2 Å². The van der Waals surface area contributed by atoms with Crippen LogP contribution in [0.3, 0.4) is 0 Å². The number of halogens is 2. The van der Waals surface area contributed by atoms with E-state index in [0.717, 1.165) is 20.5 Å². The highest BCUT2D eigenvalue weighted by atomic mass is 79.9. The second-order valence-electron chi connectivity index (χ2n) is 4.44. The van der Waals surface area contributed by atoms with Crippen LogP contribution < -0.4 is 11.1 Å². The second kappa shape index (κ2) is 5.88. The number of benzene rings is 1. The zero-order chi connectivity index (χ0) is 14.0. The zero-order valence-corrected chi connectivity index (χ0v) is 13.8. The van der Waals surface area contributed by atoms with Crippen LogP contribution in [0.4, 0.5) is 17.3 Å². The van der Waals surface area contributed by atoms with Gasteiger partial charge in [-0.25, -0.2) is 9.97 Å². The van der Waals surface area contributed by atoms with Crippen molar-refractivity contribution in [2.75, 3.05) is 11.1 Å². The number of nitrogen functional groups attached to an aromatic ring is 1. The standard InChI is InChI=1S/C13H14Br2N4/c1-7(2)13-18-11(16)6-12(19-13)17-10-4-3-8(14)5-9(10)15/h3-7H,1-2H3,(H3,16,17,18,19). The Labute approximate surface area is 129 Å². The zero-order valence-electron chi connectivity index (χ0n) is 10.6. The van der Waals surface area contributed by atoms with Gasteiger partial charge in [-0.3, -0.25) is 0 Å². The third-order valence-corrected chi connectivity index (χ3v) is 3.62. The van der Waals surface area contributed by atoms with E-state index in [1.165, 1.54) is 0 Å². The summed E-state index contributed by atoms with van der Waals surface area (Å²) in [5.74, 6) is 2.13. The number of hydrogen-bond donors (Lipinski definition) is 2. The molecule has 0 aliphatic carbocycles. The summed E-state index contributed by atoms with van der Waals surface area (Å²) in [6.07, 6.45) is 0. The van der Waals surface area contributed by atoms with Crippen molar-refractivity contribution in [3.05, 3.63) is 39.0 Å². The maximum absolute atomic E-state index is 5.80. The highest BCUT2D eigenvalue weighted by molar-refractivity contribution is 9.11. The average Bonchev–Trinajstić information content (AvgIpc) is 2.32. The Balaban J connectivity index is 2.32. The first-order chi connectivity index (χ1) is 8.95. The molecule has 0 fully saturated rings. The lowest BCUT2D eigenvalue weighted by Gasteiger charge is -2.11. The van der Waals surface area contributed by atoms with Crippen molar-refractivity contribution in [1.29, 1.82) is 0 Å². The number of nitrogens with one attached hydrogen (secondary N) is 1. The molecule has 0 amide bonds. The first-order valence-corrected chi connectivity index (χ1v) is 7.41. The molecule has 1 heterocycles. The van der Waals surface area contributed by atoms with Crippen LogP contribution in [-0.4, -0.2) is 9.97 Å². The fourth-order valence-electron chi connectivity index (χ4n) is 1.54. The minimum Gasteiger partial charge on any atom is -0.384 e. The summed E-state index contributed by atoms with van der Waals surface area (Å²) in [5.41, 5.74) is 6.73. The minimum absolute atomic E-state index is 0.234. The summed E-state index contributed by atoms with van der Waals surface area (Å²) in [6.45, 7) is 4.07. The number of nitrogens with two attached hydrogens (primary N) is 1. The maximum Gasteiger partial charge on any atom is 0.136 e. The highest BCUT2D eigenvalue weighted by Gasteiger charge is 2.08. The van der Waals surface area contributed by atoms with Gasteiger partial charge in [-0.15, -0.1) is 0 Å². The van der Waals surface area contributed by atoms with Gasteiger partial charge in [-0.1, -0.05) is 29.8 Å². The van der Waals surface area contributed by atoms with Gasteiger partial charge in [0.25, 0.3) is 0 Å². The monoisotopic (exact) mass is 384 g/mol. The van der Waals surface area contributed by atoms with Crippen LogP contribution in [0, 0.1) is 0 Å². The van der Waals surface area contributed by atoms with E-state index in [1.54, 1.807) is 6.07 Å². The topological polar surface area (TPSA) is 63.8 Å². The Hall–Kier alpha value is -1.14. The van der Waals surface area contributed by atoms with Gasteiger partial charge in [0.15, 0.2) is 0 Å². The molecule has 2 rings (SSSR count). The van der Waals surface area contributed by atoms with Crippen molar-refractivity contribution in [3.8, 4) is 0 Å². The lowest BCUT2D eigenvalue weighted by atomic mass is 10.2. The van der Waals surface area contributed by atoms with Gasteiger partial charge >= 0.3 is 0 Å². The lowest BCUT2D eigenvalue weighted by molar-refractivity contribution is 0.779. The Morgan fingerprint density at radius 1 is 1.16 bits per heavy atom. The van der Waals surface area contributed by atoms with Gasteiger partial charge in [-0.2, -0.15) is 0 Å². The highest BCUT2D eigenvalue weighted by Crippen LogP contribution is 2.29. The molecule has 1 aromatic carbocycles. The normalized spacial score (nSPS) is 10.8. The molecule has 0 saturated carbocycles. The SMILES string of the molecule is CC(C)c1nc(N)cc(Nc2ccc(Br)cc2Br)n1. The van der Waals surface area contributed by atoms with E-state index in [1.807, 2.05) is 32.0 Å². The molecule has 0 aliphatic rings. The molecule has 0 spiro atoms. The first kappa shape index (κ1) is 14.3. The van der Waals surface area contributed by atoms with Crippen molar-refractivity contribution in [2.24, 2.45) is 0 Å². The van der Waals surface area contributed by atoms with E-state index in [0.29, 0.717) is 11.6 Å². The molecule has 0 atom stereocenters. The van der Waals surface area contributed by atoms with Crippen molar-refractivity contribution in [1.82, 2.24) is 9.97 Å². The van der Waals surface area contributed by atoms with Crippen LogP contribution >= 0.6 is 31.9 Å². The molecule has 6 heteroatoms. The van der Waals surface area contributed by atoms with Gasteiger partial charge < -0.3 is 11.1 Å². The van der Waals surface area contributed by atoms with Crippen LogP contribution in [0.5, 0.6) is 0 Å². The molecule has 0 bridgehead atoms. The molecule has 19 heavy (non-hydrogen) atoms. The molecule has 0 radical (unpaired) electrons. The molecule has 0 aliphatic heterocycles. The van der Waals surface area contributed by atoms with Crippen molar-refractivity contribution in [2.45, 2.75) is 19.8 Å². The summed E-state index contributed by atoms with van der Waals surface area (Å²) in [5, 5.41) is 3.24.